The molecule has 0 spiro atoms. The molecule has 2 N–H and O–H groups in total. The summed E-state index contributed by atoms with van der Waals surface area (Å²) in [7, 11) is 0. The topological polar surface area (TPSA) is 70.9 Å². The van der Waals surface area contributed by atoms with E-state index >= 15 is 0 Å². The second-order valence-corrected chi connectivity index (χ2v) is 7.24. The monoisotopic (exact) mass is 330 g/mol. The van der Waals surface area contributed by atoms with E-state index in [9.17, 15) is 5.11 Å². The molecule has 1 fully saturated rings. The van der Waals surface area contributed by atoms with Crippen molar-refractivity contribution < 1.29 is 5.11 Å². The number of aliphatic hydroxyl groups is 1. The van der Waals surface area contributed by atoms with Gasteiger partial charge in [0, 0.05) is 24.0 Å². The van der Waals surface area contributed by atoms with Gasteiger partial charge in [0.05, 0.1) is 5.60 Å². The smallest absolute Gasteiger partial charge is 0.180 e. The van der Waals surface area contributed by atoms with Gasteiger partial charge in [-0.25, -0.2) is 9.97 Å². The molecule has 1 saturated heterocycles. The molecule has 2 aromatic heterocycles. The number of hydrogen-bond donors (Lipinski definition) is 2. The molecular weight excluding hydrogens is 308 g/mol. The number of aryl methyl sites for hydroxylation is 1. The number of nitrogens with zero attached hydrogens (tertiary/aromatic N) is 3. The molecule has 122 valence electrons. The van der Waals surface area contributed by atoms with E-state index in [0.717, 1.165) is 47.1 Å². The van der Waals surface area contributed by atoms with Crippen molar-refractivity contribution >= 4 is 17.6 Å². The SMILES string of the molecule is Cc1nc(-c2ccccn2)nc(NCC2(O)CCSCC2)c1C. The van der Waals surface area contributed by atoms with Crippen molar-refractivity contribution in [1.82, 2.24) is 15.0 Å². The van der Waals surface area contributed by atoms with Gasteiger partial charge >= 0.3 is 0 Å². The summed E-state index contributed by atoms with van der Waals surface area (Å²) in [6.07, 6.45) is 3.38. The van der Waals surface area contributed by atoms with Crippen molar-refractivity contribution in [3.63, 3.8) is 0 Å². The van der Waals surface area contributed by atoms with Gasteiger partial charge in [-0.2, -0.15) is 11.8 Å². The first-order valence-corrected chi connectivity index (χ1v) is 9.03. The zero-order valence-electron chi connectivity index (χ0n) is 13.5. The maximum absolute atomic E-state index is 10.6. The Bertz CT molecular complexity index is 672. The maximum Gasteiger partial charge on any atom is 0.180 e. The zero-order chi connectivity index (χ0) is 16.3. The third kappa shape index (κ3) is 3.82. The number of anilines is 1. The summed E-state index contributed by atoms with van der Waals surface area (Å²) < 4.78 is 0. The van der Waals surface area contributed by atoms with Crippen molar-refractivity contribution in [2.45, 2.75) is 32.3 Å². The van der Waals surface area contributed by atoms with Crippen LogP contribution >= 0.6 is 11.8 Å². The van der Waals surface area contributed by atoms with Crippen LogP contribution in [0.4, 0.5) is 5.82 Å². The summed E-state index contributed by atoms with van der Waals surface area (Å²) in [5.41, 5.74) is 2.06. The minimum atomic E-state index is -0.637. The van der Waals surface area contributed by atoms with E-state index in [2.05, 4.69) is 20.3 Å². The van der Waals surface area contributed by atoms with E-state index in [0.29, 0.717) is 12.4 Å². The Morgan fingerprint density at radius 3 is 2.70 bits per heavy atom. The highest BCUT2D eigenvalue weighted by Gasteiger charge is 2.29. The summed E-state index contributed by atoms with van der Waals surface area (Å²) in [4.78, 5) is 13.5. The third-order valence-corrected chi connectivity index (χ3v) is 5.28. The van der Waals surface area contributed by atoms with Crippen LogP contribution in [-0.2, 0) is 0 Å². The predicted molar refractivity (Wildman–Crippen MR) is 94.7 cm³/mol. The Labute approximate surface area is 141 Å². The Morgan fingerprint density at radius 1 is 1.22 bits per heavy atom. The second-order valence-electron chi connectivity index (χ2n) is 6.01. The van der Waals surface area contributed by atoms with Crippen LogP contribution in [0.1, 0.15) is 24.1 Å². The summed E-state index contributed by atoms with van der Waals surface area (Å²) in [5.74, 6) is 3.42. The molecule has 0 bridgehead atoms. The number of aromatic nitrogens is 3. The number of hydrogen-bond acceptors (Lipinski definition) is 6. The van der Waals surface area contributed by atoms with Crippen molar-refractivity contribution in [1.29, 1.82) is 0 Å². The Morgan fingerprint density at radius 2 is 2.00 bits per heavy atom. The molecule has 23 heavy (non-hydrogen) atoms. The van der Waals surface area contributed by atoms with Crippen molar-refractivity contribution in [3.8, 4) is 11.5 Å². The lowest BCUT2D eigenvalue weighted by Gasteiger charge is -2.32. The van der Waals surface area contributed by atoms with Crippen molar-refractivity contribution in [2.75, 3.05) is 23.4 Å². The van der Waals surface area contributed by atoms with Crippen LogP contribution in [-0.4, -0.2) is 43.7 Å². The summed E-state index contributed by atoms with van der Waals surface area (Å²) in [6, 6.07) is 5.70. The van der Waals surface area contributed by atoms with E-state index in [1.54, 1.807) is 6.20 Å². The molecule has 0 saturated carbocycles. The average molecular weight is 330 g/mol. The molecule has 1 aliphatic rings. The van der Waals surface area contributed by atoms with Gasteiger partial charge in [0.2, 0.25) is 0 Å². The lowest BCUT2D eigenvalue weighted by atomic mass is 9.97. The number of pyridine rings is 1. The van der Waals surface area contributed by atoms with Crippen LogP contribution in [0.2, 0.25) is 0 Å². The first-order chi connectivity index (χ1) is 11.1. The van der Waals surface area contributed by atoms with E-state index in [1.165, 1.54) is 0 Å². The van der Waals surface area contributed by atoms with Gasteiger partial charge in [0.15, 0.2) is 5.82 Å². The molecule has 0 amide bonds. The third-order valence-electron chi connectivity index (χ3n) is 4.29. The first-order valence-electron chi connectivity index (χ1n) is 7.88. The predicted octanol–water partition coefficient (Wildman–Crippen LogP) is 2.83. The Hall–Kier alpha value is -1.66. The minimum Gasteiger partial charge on any atom is -0.388 e. The van der Waals surface area contributed by atoms with Gasteiger partial charge in [0.1, 0.15) is 11.5 Å². The summed E-state index contributed by atoms with van der Waals surface area (Å²) in [5, 5.41) is 14.0. The van der Waals surface area contributed by atoms with Crippen LogP contribution in [0.25, 0.3) is 11.5 Å². The molecule has 0 aliphatic carbocycles. The molecule has 0 radical (unpaired) electrons. The molecule has 3 heterocycles. The maximum atomic E-state index is 10.6. The van der Waals surface area contributed by atoms with Crippen LogP contribution in [0.15, 0.2) is 24.4 Å². The van der Waals surface area contributed by atoms with Crippen LogP contribution in [0.3, 0.4) is 0 Å². The number of rotatable bonds is 4. The number of thioether (sulfide) groups is 1. The quantitative estimate of drug-likeness (QED) is 0.898. The fraction of sp³-hybridized carbons (Fsp3) is 0.471. The van der Waals surface area contributed by atoms with Gasteiger partial charge in [-0.3, -0.25) is 4.98 Å². The van der Waals surface area contributed by atoms with E-state index in [4.69, 9.17) is 0 Å². The highest BCUT2D eigenvalue weighted by Crippen LogP contribution is 2.28. The lowest BCUT2D eigenvalue weighted by Crippen LogP contribution is -2.40. The highest BCUT2D eigenvalue weighted by atomic mass is 32.2. The van der Waals surface area contributed by atoms with Gasteiger partial charge in [-0.05, 0) is 50.3 Å². The molecular formula is C17H22N4OS. The lowest BCUT2D eigenvalue weighted by molar-refractivity contribution is 0.0453. The van der Waals surface area contributed by atoms with Crippen molar-refractivity contribution in [2.24, 2.45) is 0 Å². The normalized spacial score (nSPS) is 17.0. The summed E-state index contributed by atoms with van der Waals surface area (Å²) >= 11 is 1.90. The van der Waals surface area contributed by atoms with E-state index in [-0.39, 0.29) is 0 Å². The Balaban J connectivity index is 1.82. The minimum absolute atomic E-state index is 0.520. The van der Waals surface area contributed by atoms with Crippen LogP contribution < -0.4 is 5.32 Å². The average Bonchev–Trinajstić information content (AvgIpc) is 2.57. The van der Waals surface area contributed by atoms with Gasteiger partial charge < -0.3 is 10.4 Å². The fourth-order valence-electron chi connectivity index (χ4n) is 2.59. The van der Waals surface area contributed by atoms with Crippen LogP contribution in [0.5, 0.6) is 0 Å². The molecule has 6 heteroatoms. The standard InChI is InChI=1S/C17H22N4OS/c1-12-13(2)20-16(14-5-3-4-8-18-14)21-15(12)19-11-17(22)6-9-23-10-7-17/h3-5,8,22H,6-7,9-11H2,1-2H3,(H,19,20,21). The summed E-state index contributed by atoms with van der Waals surface area (Å²) in [6.45, 7) is 4.49. The molecule has 0 atom stereocenters. The molecule has 5 nitrogen and oxygen atoms in total. The van der Waals surface area contributed by atoms with E-state index < -0.39 is 5.60 Å². The fourth-order valence-corrected chi connectivity index (χ4v) is 3.84. The largest absolute Gasteiger partial charge is 0.388 e. The van der Waals surface area contributed by atoms with Gasteiger partial charge in [0.25, 0.3) is 0 Å². The second kappa shape index (κ2) is 6.84. The van der Waals surface area contributed by atoms with Crippen LogP contribution in [0, 0.1) is 13.8 Å². The molecule has 0 unspecified atom stereocenters. The van der Waals surface area contributed by atoms with Gasteiger partial charge in [-0.15, -0.1) is 0 Å². The molecule has 1 aliphatic heterocycles. The van der Waals surface area contributed by atoms with Crippen molar-refractivity contribution in [3.05, 3.63) is 35.7 Å². The number of nitrogens with one attached hydrogen (secondary N) is 1. The first kappa shape index (κ1) is 16.2. The highest BCUT2D eigenvalue weighted by molar-refractivity contribution is 7.99. The molecule has 3 rings (SSSR count). The zero-order valence-corrected chi connectivity index (χ0v) is 14.4. The molecule has 2 aromatic rings. The Kier molecular flexibility index (Phi) is 4.82. The van der Waals surface area contributed by atoms with Gasteiger partial charge in [-0.1, -0.05) is 6.07 Å². The molecule has 0 aromatic carbocycles. The van der Waals surface area contributed by atoms with E-state index in [1.807, 2.05) is 43.8 Å².